The predicted molar refractivity (Wildman–Crippen MR) is 98.1 cm³/mol. The molecule has 2 saturated heterocycles. The molecule has 0 bridgehead atoms. The van der Waals surface area contributed by atoms with Crippen LogP contribution in [-0.2, 0) is 9.59 Å². The summed E-state index contributed by atoms with van der Waals surface area (Å²) in [6, 6.07) is 10.1. The van der Waals surface area contributed by atoms with Gasteiger partial charge < -0.3 is 9.80 Å². The molecule has 130 valence electrons. The molecule has 1 atom stereocenters. The van der Waals surface area contributed by atoms with E-state index in [-0.39, 0.29) is 24.3 Å². The number of thioether (sulfide) groups is 1. The van der Waals surface area contributed by atoms with Crippen molar-refractivity contribution in [2.75, 3.05) is 38.2 Å². The highest BCUT2D eigenvalue weighted by molar-refractivity contribution is 7.98. The molecular weight excluding hydrogens is 320 g/mol. The van der Waals surface area contributed by atoms with Gasteiger partial charge in [0.05, 0.1) is 6.54 Å². The number of hydrogen-bond donors (Lipinski definition) is 0. The van der Waals surface area contributed by atoms with Crippen LogP contribution in [0.4, 0.5) is 0 Å². The van der Waals surface area contributed by atoms with Crippen molar-refractivity contribution < 1.29 is 9.59 Å². The van der Waals surface area contributed by atoms with Gasteiger partial charge in [-0.1, -0.05) is 30.3 Å². The van der Waals surface area contributed by atoms with Crippen molar-refractivity contribution in [1.29, 1.82) is 0 Å². The number of likely N-dealkylation sites (tertiary alicyclic amines) is 2. The number of piperidine rings is 1. The highest BCUT2D eigenvalue weighted by Crippen LogP contribution is 2.28. The quantitative estimate of drug-likeness (QED) is 0.823. The largest absolute Gasteiger partial charge is 0.341 e. The number of amides is 2. The first-order valence-electron chi connectivity index (χ1n) is 8.77. The minimum absolute atomic E-state index is 0.106. The van der Waals surface area contributed by atoms with Crippen molar-refractivity contribution in [3.05, 3.63) is 35.9 Å². The number of benzene rings is 1. The van der Waals surface area contributed by atoms with Gasteiger partial charge >= 0.3 is 0 Å². The average molecular weight is 346 g/mol. The van der Waals surface area contributed by atoms with Crippen LogP contribution in [0.5, 0.6) is 0 Å². The highest BCUT2D eigenvalue weighted by atomic mass is 32.2. The van der Waals surface area contributed by atoms with Crippen LogP contribution in [0.1, 0.15) is 30.7 Å². The van der Waals surface area contributed by atoms with Crippen LogP contribution in [0.3, 0.4) is 0 Å². The predicted octanol–water partition coefficient (Wildman–Crippen LogP) is 2.60. The summed E-state index contributed by atoms with van der Waals surface area (Å²) in [6.45, 7) is 2.59. The summed E-state index contributed by atoms with van der Waals surface area (Å²) < 4.78 is 0. The molecule has 0 aliphatic carbocycles. The van der Waals surface area contributed by atoms with E-state index in [1.165, 1.54) is 11.3 Å². The molecule has 4 nitrogen and oxygen atoms in total. The zero-order valence-corrected chi connectivity index (χ0v) is 15.1. The molecule has 1 aromatic carbocycles. The lowest BCUT2D eigenvalue weighted by atomic mass is 9.98. The van der Waals surface area contributed by atoms with Gasteiger partial charge in [0.1, 0.15) is 0 Å². The van der Waals surface area contributed by atoms with Crippen LogP contribution in [0.2, 0.25) is 0 Å². The fraction of sp³-hybridized carbons (Fsp3) is 0.579. The molecule has 1 aromatic rings. The molecule has 2 amide bonds. The van der Waals surface area contributed by atoms with Crippen molar-refractivity contribution in [3.63, 3.8) is 0 Å². The summed E-state index contributed by atoms with van der Waals surface area (Å²) in [7, 11) is 0. The number of carbonyl (C=O) groups excluding carboxylic acids is 2. The molecule has 2 aliphatic rings. The number of rotatable bonds is 5. The van der Waals surface area contributed by atoms with Crippen LogP contribution in [0, 0.1) is 5.92 Å². The van der Waals surface area contributed by atoms with Crippen molar-refractivity contribution in [1.82, 2.24) is 9.80 Å². The van der Waals surface area contributed by atoms with E-state index in [1.54, 1.807) is 4.90 Å². The molecule has 24 heavy (non-hydrogen) atoms. The third kappa shape index (κ3) is 4.12. The Kier molecular flexibility index (Phi) is 5.82. The Morgan fingerprint density at radius 3 is 2.58 bits per heavy atom. The number of carbonyl (C=O) groups is 2. The lowest BCUT2D eigenvalue weighted by Crippen LogP contribution is -2.44. The Morgan fingerprint density at radius 1 is 1.21 bits per heavy atom. The second-order valence-corrected chi connectivity index (χ2v) is 7.78. The SMILES string of the molecule is CSCC1CCN(C(=O)CN2C[C@H](c3ccccc3)CC2=O)CC1. The first-order chi connectivity index (χ1) is 11.7. The molecule has 0 radical (unpaired) electrons. The topological polar surface area (TPSA) is 40.6 Å². The summed E-state index contributed by atoms with van der Waals surface area (Å²) in [5, 5.41) is 0. The smallest absolute Gasteiger partial charge is 0.242 e. The van der Waals surface area contributed by atoms with Gasteiger partial charge in [-0.05, 0) is 36.3 Å². The van der Waals surface area contributed by atoms with Crippen molar-refractivity contribution in [2.24, 2.45) is 5.92 Å². The van der Waals surface area contributed by atoms with Gasteiger partial charge in [-0.3, -0.25) is 9.59 Å². The zero-order valence-electron chi connectivity index (χ0n) is 14.3. The number of nitrogens with zero attached hydrogens (tertiary/aromatic N) is 2. The Morgan fingerprint density at radius 2 is 1.92 bits per heavy atom. The molecule has 2 aliphatic heterocycles. The fourth-order valence-corrected chi connectivity index (χ4v) is 4.53. The zero-order chi connectivity index (χ0) is 16.9. The van der Waals surface area contributed by atoms with Gasteiger partial charge in [-0.2, -0.15) is 11.8 Å². The standard InChI is InChI=1S/C19H26N2O2S/c1-24-14-15-7-9-20(10-8-15)19(23)13-21-12-17(11-18(21)22)16-5-3-2-4-6-16/h2-6,15,17H,7-14H2,1H3/t17-/m1/s1. The van der Waals surface area contributed by atoms with Crippen LogP contribution >= 0.6 is 11.8 Å². The maximum Gasteiger partial charge on any atom is 0.242 e. The Labute approximate surface area is 148 Å². The van der Waals surface area contributed by atoms with Crippen molar-refractivity contribution in [3.8, 4) is 0 Å². The maximum atomic E-state index is 12.5. The first-order valence-corrected chi connectivity index (χ1v) is 10.2. The lowest BCUT2D eigenvalue weighted by molar-refractivity contribution is -0.139. The monoisotopic (exact) mass is 346 g/mol. The van der Waals surface area contributed by atoms with Gasteiger partial charge in [0.15, 0.2) is 0 Å². The molecule has 3 rings (SSSR count). The van der Waals surface area contributed by atoms with Gasteiger partial charge in [0, 0.05) is 32.0 Å². The van der Waals surface area contributed by atoms with Gasteiger partial charge in [-0.25, -0.2) is 0 Å². The normalized spacial score (nSPS) is 22.2. The second-order valence-electron chi connectivity index (χ2n) is 6.87. The van der Waals surface area contributed by atoms with Crippen LogP contribution < -0.4 is 0 Å². The third-order valence-electron chi connectivity index (χ3n) is 5.18. The van der Waals surface area contributed by atoms with Crippen LogP contribution in [0.15, 0.2) is 30.3 Å². The maximum absolute atomic E-state index is 12.5. The molecule has 0 N–H and O–H groups in total. The first kappa shape index (κ1) is 17.3. The van der Waals surface area contributed by atoms with E-state index in [0.29, 0.717) is 13.0 Å². The molecule has 2 heterocycles. The minimum Gasteiger partial charge on any atom is -0.341 e. The van der Waals surface area contributed by atoms with E-state index in [2.05, 4.69) is 18.4 Å². The summed E-state index contributed by atoms with van der Waals surface area (Å²) in [6.07, 6.45) is 4.84. The van der Waals surface area contributed by atoms with Gasteiger partial charge in [0.2, 0.25) is 11.8 Å². The van der Waals surface area contributed by atoms with Crippen molar-refractivity contribution >= 4 is 23.6 Å². The summed E-state index contributed by atoms with van der Waals surface area (Å²) in [5.41, 5.74) is 1.19. The van der Waals surface area contributed by atoms with Gasteiger partial charge in [0.25, 0.3) is 0 Å². The highest BCUT2D eigenvalue weighted by Gasteiger charge is 2.33. The van der Waals surface area contributed by atoms with E-state index < -0.39 is 0 Å². The summed E-state index contributed by atoms with van der Waals surface area (Å²) >= 11 is 1.89. The summed E-state index contributed by atoms with van der Waals surface area (Å²) in [5.74, 6) is 2.36. The molecule has 2 fully saturated rings. The molecule has 0 spiro atoms. The fourth-order valence-electron chi connectivity index (χ4n) is 3.72. The van der Waals surface area contributed by atoms with E-state index in [1.807, 2.05) is 34.9 Å². The van der Waals surface area contributed by atoms with Gasteiger partial charge in [-0.15, -0.1) is 0 Å². The lowest BCUT2D eigenvalue weighted by Gasteiger charge is -2.32. The van der Waals surface area contributed by atoms with E-state index >= 15 is 0 Å². The average Bonchev–Trinajstić information content (AvgIpc) is 2.97. The van der Waals surface area contributed by atoms with Crippen LogP contribution in [0.25, 0.3) is 0 Å². The Bertz CT molecular complexity index is 570. The van der Waals surface area contributed by atoms with E-state index in [9.17, 15) is 9.59 Å². The molecule has 5 heteroatoms. The molecular formula is C19H26N2O2S. The molecule has 0 aromatic heterocycles. The molecule has 0 saturated carbocycles. The van der Waals surface area contributed by atoms with E-state index in [4.69, 9.17) is 0 Å². The molecule has 0 unspecified atom stereocenters. The Hall–Kier alpha value is -1.49. The Balaban J connectivity index is 1.51. The second kappa shape index (κ2) is 8.06. The van der Waals surface area contributed by atoms with Crippen molar-refractivity contribution in [2.45, 2.75) is 25.2 Å². The number of hydrogen-bond acceptors (Lipinski definition) is 3. The minimum atomic E-state index is 0.106. The third-order valence-corrected chi connectivity index (χ3v) is 5.99. The summed E-state index contributed by atoms with van der Waals surface area (Å²) in [4.78, 5) is 28.5. The van der Waals surface area contributed by atoms with E-state index in [0.717, 1.165) is 31.8 Å². The van der Waals surface area contributed by atoms with Crippen LogP contribution in [-0.4, -0.2) is 59.8 Å².